The van der Waals surface area contributed by atoms with Crippen molar-refractivity contribution < 1.29 is 49.1 Å². The van der Waals surface area contributed by atoms with E-state index in [0.29, 0.717) is 18.2 Å². The van der Waals surface area contributed by atoms with E-state index in [9.17, 15) is 44.3 Å². The van der Waals surface area contributed by atoms with Crippen LogP contribution in [-0.4, -0.2) is 61.3 Å². The molecule has 2 amide bonds. The van der Waals surface area contributed by atoms with E-state index in [-0.39, 0.29) is 36.5 Å². The topological polar surface area (TPSA) is 105 Å². The number of rotatable bonds is 5. The van der Waals surface area contributed by atoms with Gasteiger partial charge < -0.3 is 10.1 Å². The molecule has 1 N–H and O–H groups in total. The molecule has 2 aliphatic rings. The molecule has 0 spiro atoms. The maximum Gasteiger partial charge on any atom is 0.422 e. The molecule has 0 bridgehead atoms. The summed E-state index contributed by atoms with van der Waals surface area (Å²) in [7, 11) is -3.38. The summed E-state index contributed by atoms with van der Waals surface area (Å²) in [4.78, 5) is 24.8. The van der Waals surface area contributed by atoms with E-state index in [2.05, 4.69) is 15.2 Å². The van der Waals surface area contributed by atoms with Gasteiger partial charge in [-0.1, -0.05) is 0 Å². The van der Waals surface area contributed by atoms with E-state index in [1.165, 1.54) is 0 Å². The van der Waals surface area contributed by atoms with Gasteiger partial charge in [0.1, 0.15) is 11.5 Å². The Bertz CT molecular complexity index is 1080. The van der Waals surface area contributed by atoms with E-state index >= 15 is 0 Å². The van der Waals surface area contributed by atoms with Gasteiger partial charge in [-0.3, -0.25) is 9.59 Å². The van der Waals surface area contributed by atoms with Gasteiger partial charge in [0.25, 0.3) is 5.91 Å². The summed E-state index contributed by atoms with van der Waals surface area (Å²) < 4.78 is 104. The van der Waals surface area contributed by atoms with Crippen LogP contribution in [0.1, 0.15) is 24.8 Å². The summed E-state index contributed by atoms with van der Waals surface area (Å²) in [5.74, 6) is -2.76. The van der Waals surface area contributed by atoms with Gasteiger partial charge in [0.05, 0.1) is 28.8 Å². The third-order valence-electron chi connectivity index (χ3n) is 4.82. The molecule has 0 saturated carbocycles. The number of hydrazone groups is 1. The minimum absolute atomic E-state index is 0.107. The number of benzene rings is 1. The van der Waals surface area contributed by atoms with Crippen molar-refractivity contribution >= 4 is 33.1 Å². The number of carbonyl (C=O) groups is 2. The Balaban J connectivity index is 1.85. The van der Waals surface area contributed by atoms with E-state index in [4.69, 9.17) is 0 Å². The number of sulfone groups is 1. The van der Waals surface area contributed by atoms with Crippen LogP contribution in [0.2, 0.25) is 0 Å². The molecule has 1 fully saturated rings. The van der Waals surface area contributed by atoms with E-state index in [1.807, 2.05) is 0 Å². The first-order valence-electron chi connectivity index (χ1n) is 9.47. The maximum atomic E-state index is 13.0. The molecule has 0 unspecified atom stereocenters. The number of anilines is 1. The summed E-state index contributed by atoms with van der Waals surface area (Å²) in [5.41, 5.74) is -2.21. The number of hydrogen-bond donors (Lipinski definition) is 1. The van der Waals surface area contributed by atoms with Crippen LogP contribution >= 0.6 is 0 Å². The summed E-state index contributed by atoms with van der Waals surface area (Å²) in [6, 6.07) is 0.774. The number of nitrogens with one attached hydrogen (secondary N) is 1. The number of halogens is 6. The third kappa shape index (κ3) is 6.36. The SMILES string of the molecule is O=C(Nc1cc(C(F)(F)F)ccc1OCC(F)(F)F)C1=NN([C@@H]2CCS(=O)(=O)C2)C(=O)CC1. The molecule has 0 aromatic heterocycles. The highest BCUT2D eigenvalue weighted by molar-refractivity contribution is 7.91. The van der Waals surface area contributed by atoms with Crippen LogP contribution in [0.3, 0.4) is 0 Å². The third-order valence-corrected chi connectivity index (χ3v) is 6.57. The smallest absolute Gasteiger partial charge is 0.422 e. The molecule has 8 nitrogen and oxygen atoms in total. The lowest BCUT2D eigenvalue weighted by molar-refractivity contribution is -0.153. The van der Waals surface area contributed by atoms with Gasteiger partial charge >= 0.3 is 12.4 Å². The molecule has 3 rings (SSSR count). The van der Waals surface area contributed by atoms with Crippen molar-refractivity contribution in [3.63, 3.8) is 0 Å². The summed E-state index contributed by atoms with van der Waals surface area (Å²) >= 11 is 0. The molecular weight excluding hydrogens is 484 g/mol. The second-order valence-electron chi connectivity index (χ2n) is 7.41. The summed E-state index contributed by atoms with van der Waals surface area (Å²) in [6.07, 6.45) is -9.92. The molecule has 2 aliphatic heterocycles. The van der Waals surface area contributed by atoms with E-state index in [1.54, 1.807) is 0 Å². The number of hydrogen-bond acceptors (Lipinski definition) is 6. The highest BCUT2D eigenvalue weighted by atomic mass is 32.2. The molecule has 1 atom stereocenters. The van der Waals surface area contributed by atoms with Gasteiger partial charge in [0.15, 0.2) is 16.4 Å². The first-order chi connectivity index (χ1) is 15.1. The first kappa shape index (κ1) is 24.8. The highest BCUT2D eigenvalue weighted by Crippen LogP contribution is 2.36. The van der Waals surface area contributed by atoms with Crippen LogP contribution < -0.4 is 10.1 Å². The lowest BCUT2D eigenvalue weighted by Gasteiger charge is -2.27. The van der Waals surface area contributed by atoms with Gasteiger partial charge in [-0.15, -0.1) is 0 Å². The van der Waals surface area contributed by atoms with E-state index < -0.39 is 63.7 Å². The Hall–Kier alpha value is -2.84. The average Bonchev–Trinajstić information content (AvgIpc) is 3.05. The fourth-order valence-electron chi connectivity index (χ4n) is 3.27. The van der Waals surface area contributed by atoms with Crippen LogP contribution in [0.25, 0.3) is 0 Å². The van der Waals surface area contributed by atoms with Gasteiger partial charge in [0, 0.05) is 12.8 Å². The highest BCUT2D eigenvalue weighted by Gasteiger charge is 2.38. The molecule has 0 radical (unpaired) electrons. The van der Waals surface area contributed by atoms with E-state index in [0.717, 1.165) is 5.01 Å². The Morgan fingerprint density at radius 3 is 2.45 bits per heavy atom. The van der Waals surface area contributed by atoms with Gasteiger partial charge in [-0.05, 0) is 24.6 Å². The quantitative estimate of drug-likeness (QED) is 0.625. The van der Waals surface area contributed by atoms with Crippen molar-refractivity contribution in [1.82, 2.24) is 5.01 Å². The minimum Gasteiger partial charge on any atom is -0.482 e. The Morgan fingerprint density at radius 2 is 1.88 bits per heavy atom. The first-order valence-corrected chi connectivity index (χ1v) is 11.3. The van der Waals surface area contributed by atoms with Crippen molar-refractivity contribution in [3.8, 4) is 5.75 Å². The summed E-state index contributed by atoms with van der Waals surface area (Å²) in [6.45, 7) is -1.80. The van der Waals surface area contributed by atoms with Crippen molar-refractivity contribution in [2.45, 2.75) is 37.7 Å². The zero-order valence-electron chi connectivity index (χ0n) is 16.7. The molecule has 1 saturated heterocycles. The van der Waals surface area contributed by atoms with Crippen molar-refractivity contribution in [3.05, 3.63) is 23.8 Å². The number of amides is 2. The zero-order chi connectivity index (χ0) is 24.6. The Morgan fingerprint density at radius 1 is 1.18 bits per heavy atom. The van der Waals surface area contributed by atoms with Crippen molar-refractivity contribution in [2.75, 3.05) is 23.4 Å². The number of nitrogens with zero attached hydrogens (tertiary/aromatic N) is 2. The van der Waals surface area contributed by atoms with Crippen molar-refractivity contribution in [1.29, 1.82) is 0 Å². The molecule has 15 heteroatoms. The summed E-state index contributed by atoms with van der Waals surface area (Å²) in [5, 5.41) is 6.80. The molecule has 33 heavy (non-hydrogen) atoms. The predicted molar refractivity (Wildman–Crippen MR) is 102 cm³/mol. The lowest BCUT2D eigenvalue weighted by Crippen LogP contribution is -2.42. The fraction of sp³-hybridized carbons (Fsp3) is 0.500. The number of ether oxygens (including phenoxy) is 1. The van der Waals surface area contributed by atoms with Gasteiger partial charge in [0.2, 0.25) is 5.91 Å². The van der Waals surface area contributed by atoms with Crippen molar-refractivity contribution in [2.24, 2.45) is 5.10 Å². The molecule has 1 aromatic carbocycles. The van der Waals surface area contributed by atoms with Crippen LogP contribution in [0.5, 0.6) is 5.75 Å². The molecule has 1 aromatic rings. The van der Waals surface area contributed by atoms with Crippen LogP contribution in [0, 0.1) is 0 Å². The lowest BCUT2D eigenvalue weighted by atomic mass is 10.1. The Labute approximate surface area is 183 Å². The molecule has 2 heterocycles. The second kappa shape index (κ2) is 8.83. The number of carbonyl (C=O) groups excluding carboxylic acids is 2. The monoisotopic (exact) mass is 501 g/mol. The zero-order valence-corrected chi connectivity index (χ0v) is 17.5. The molecular formula is C18H17F6N3O5S. The molecule has 0 aliphatic carbocycles. The largest absolute Gasteiger partial charge is 0.482 e. The fourth-order valence-corrected chi connectivity index (χ4v) is 4.96. The minimum atomic E-state index is -4.85. The Kier molecular flexibility index (Phi) is 6.64. The second-order valence-corrected chi connectivity index (χ2v) is 9.64. The predicted octanol–water partition coefficient (Wildman–Crippen LogP) is 2.75. The number of alkyl halides is 6. The van der Waals surface area contributed by atoms with Gasteiger partial charge in [-0.25, -0.2) is 13.4 Å². The molecule has 182 valence electrons. The normalized spacial score (nSPS) is 21.0. The van der Waals surface area contributed by atoms with Crippen LogP contribution in [0.4, 0.5) is 32.0 Å². The van der Waals surface area contributed by atoms with Gasteiger partial charge in [-0.2, -0.15) is 31.4 Å². The maximum absolute atomic E-state index is 13.0. The van der Waals surface area contributed by atoms with Crippen LogP contribution in [-0.2, 0) is 25.6 Å². The standard InChI is InChI=1S/C18H17F6N3O5S/c19-17(20,21)9-32-14-3-1-10(18(22,23)24)7-13(14)25-16(29)12-2-4-15(28)27(26-12)11-5-6-33(30,31)8-11/h1,3,7,11H,2,4-6,8-9H2,(H,25,29)/t11-/m1/s1. The average molecular weight is 501 g/mol. The van der Waals surface area contributed by atoms with Crippen LogP contribution in [0.15, 0.2) is 23.3 Å².